The van der Waals surface area contributed by atoms with Gasteiger partial charge in [0.05, 0.1) is 5.69 Å². The van der Waals surface area contributed by atoms with E-state index in [-0.39, 0.29) is 0 Å². The zero-order chi connectivity index (χ0) is 10.1. The van der Waals surface area contributed by atoms with Gasteiger partial charge in [0.15, 0.2) is 0 Å². The molecule has 0 bridgehead atoms. The molecule has 0 spiro atoms. The molecule has 1 aliphatic carbocycles. The van der Waals surface area contributed by atoms with Crippen LogP contribution in [0.4, 0.5) is 5.95 Å². The first-order chi connectivity index (χ1) is 6.72. The minimum Gasteiger partial charge on any atom is -0.347 e. The lowest BCUT2D eigenvalue weighted by Crippen LogP contribution is -2.16. The van der Waals surface area contributed by atoms with Gasteiger partial charge >= 0.3 is 0 Å². The Hall–Kier alpha value is -1.16. The average Bonchev–Trinajstić information content (AvgIpc) is 2.63. The molecule has 0 fully saturated rings. The minimum atomic E-state index is 0.520. The lowest BCUT2D eigenvalue weighted by atomic mass is 10.2. The van der Waals surface area contributed by atoms with E-state index in [2.05, 4.69) is 9.97 Å². The van der Waals surface area contributed by atoms with Crippen LogP contribution in [0.3, 0.4) is 0 Å². The van der Waals surface area contributed by atoms with Crippen molar-refractivity contribution in [1.82, 2.24) is 9.97 Å². The third kappa shape index (κ3) is 1.46. The summed E-state index contributed by atoms with van der Waals surface area (Å²) in [7, 11) is 3.91. The average molecular weight is 192 g/mol. The van der Waals surface area contributed by atoms with Crippen molar-refractivity contribution in [2.24, 2.45) is 5.73 Å². The number of hydrogen-bond donors (Lipinski definition) is 1. The summed E-state index contributed by atoms with van der Waals surface area (Å²) in [6.45, 7) is 0.520. The van der Waals surface area contributed by atoms with E-state index in [0.717, 1.165) is 24.5 Å². The standard InChI is InChI=1S/C10H16N4/c1-14(2)10-12-8-5-3-4-7(8)9(6-11)13-10/h3-6,11H2,1-2H3. The molecule has 1 aromatic heterocycles. The Kier molecular flexibility index (Phi) is 2.37. The van der Waals surface area contributed by atoms with E-state index in [0.29, 0.717) is 6.54 Å². The van der Waals surface area contributed by atoms with Gasteiger partial charge in [0.1, 0.15) is 0 Å². The number of hydrogen-bond acceptors (Lipinski definition) is 4. The van der Waals surface area contributed by atoms with Crippen LogP contribution in [-0.2, 0) is 19.4 Å². The first-order valence-electron chi connectivity index (χ1n) is 4.98. The Morgan fingerprint density at radius 3 is 2.71 bits per heavy atom. The number of aryl methyl sites for hydroxylation is 1. The summed E-state index contributed by atoms with van der Waals surface area (Å²) in [6.07, 6.45) is 3.36. The van der Waals surface area contributed by atoms with Crippen molar-refractivity contribution in [2.75, 3.05) is 19.0 Å². The SMILES string of the molecule is CN(C)c1nc(CN)c2c(n1)CCC2. The van der Waals surface area contributed by atoms with Gasteiger partial charge in [-0.1, -0.05) is 0 Å². The molecule has 1 aliphatic rings. The second-order valence-corrected chi connectivity index (χ2v) is 3.85. The van der Waals surface area contributed by atoms with Crippen LogP contribution < -0.4 is 10.6 Å². The van der Waals surface area contributed by atoms with E-state index < -0.39 is 0 Å². The van der Waals surface area contributed by atoms with Crippen LogP contribution in [0.2, 0.25) is 0 Å². The van der Waals surface area contributed by atoms with Crippen LogP contribution in [0.1, 0.15) is 23.4 Å². The molecule has 4 heteroatoms. The molecule has 1 heterocycles. The van der Waals surface area contributed by atoms with E-state index in [1.807, 2.05) is 19.0 Å². The number of nitrogens with two attached hydrogens (primary N) is 1. The fourth-order valence-electron chi connectivity index (χ4n) is 1.86. The smallest absolute Gasteiger partial charge is 0.225 e. The summed E-state index contributed by atoms with van der Waals surface area (Å²) in [4.78, 5) is 10.9. The quantitative estimate of drug-likeness (QED) is 0.741. The normalized spacial score (nSPS) is 14.2. The summed E-state index contributed by atoms with van der Waals surface area (Å²) in [5, 5.41) is 0. The van der Waals surface area contributed by atoms with Gasteiger partial charge in [0.25, 0.3) is 0 Å². The minimum absolute atomic E-state index is 0.520. The lowest BCUT2D eigenvalue weighted by molar-refractivity contribution is 0.886. The van der Waals surface area contributed by atoms with Crippen molar-refractivity contribution in [1.29, 1.82) is 0 Å². The van der Waals surface area contributed by atoms with Crippen LogP contribution in [0.5, 0.6) is 0 Å². The van der Waals surface area contributed by atoms with Crippen molar-refractivity contribution in [3.63, 3.8) is 0 Å². The van der Waals surface area contributed by atoms with Crippen molar-refractivity contribution < 1.29 is 0 Å². The highest BCUT2D eigenvalue weighted by Gasteiger charge is 2.18. The van der Waals surface area contributed by atoms with E-state index in [9.17, 15) is 0 Å². The van der Waals surface area contributed by atoms with Crippen LogP contribution in [0.25, 0.3) is 0 Å². The predicted octanol–water partition coefficient (Wildman–Crippen LogP) is 0.490. The summed E-state index contributed by atoms with van der Waals surface area (Å²) in [6, 6.07) is 0. The molecule has 76 valence electrons. The monoisotopic (exact) mass is 192 g/mol. The highest BCUT2D eigenvalue weighted by atomic mass is 15.2. The number of anilines is 1. The molecule has 0 saturated heterocycles. The maximum atomic E-state index is 5.68. The number of fused-ring (bicyclic) bond motifs is 1. The van der Waals surface area contributed by atoms with E-state index in [1.54, 1.807) is 0 Å². The highest BCUT2D eigenvalue weighted by molar-refractivity contribution is 5.38. The largest absolute Gasteiger partial charge is 0.347 e. The molecule has 0 saturated carbocycles. The van der Waals surface area contributed by atoms with Crippen LogP contribution in [-0.4, -0.2) is 24.1 Å². The maximum absolute atomic E-state index is 5.68. The van der Waals surface area contributed by atoms with Gasteiger partial charge in [-0.25, -0.2) is 9.97 Å². The summed E-state index contributed by atoms with van der Waals surface area (Å²) >= 11 is 0. The zero-order valence-electron chi connectivity index (χ0n) is 8.75. The molecule has 0 unspecified atom stereocenters. The lowest BCUT2D eigenvalue weighted by Gasteiger charge is -2.13. The fraction of sp³-hybridized carbons (Fsp3) is 0.600. The molecule has 0 aromatic carbocycles. The van der Waals surface area contributed by atoms with E-state index in [1.165, 1.54) is 17.7 Å². The molecule has 2 N–H and O–H groups in total. The summed E-state index contributed by atoms with van der Waals surface area (Å²) in [5.41, 5.74) is 9.20. The van der Waals surface area contributed by atoms with Gasteiger partial charge in [0.2, 0.25) is 5.95 Å². The molecule has 0 aliphatic heterocycles. The topological polar surface area (TPSA) is 55.0 Å². The predicted molar refractivity (Wildman–Crippen MR) is 56.3 cm³/mol. The number of nitrogens with zero attached hydrogens (tertiary/aromatic N) is 3. The molecule has 2 rings (SSSR count). The molecule has 4 nitrogen and oxygen atoms in total. The van der Waals surface area contributed by atoms with Crippen molar-refractivity contribution in [2.45, 2.75) is 25.8 Å². The van der Waals surface area contributed by atoms with Gasteiger partial charge in [-0.3, -0.25) is 0 Å². The van der Waals surface area contributed by atoms with Crippen LogP contribution >= 0.6 is 0 Å². The molecule has 0 radical (unpaired) electrons. The molecule has 0 amide bonds. The Morgan fingerprint density at radius 1 is 1.29 bits per heavy atom. The fourth-order valence-corrected chi connectivity index (χ4v) is 1.86. The van der Waals surface area contributed by atoms with Crippen LogP contribution in [0, 0.1) is 0 Å². The van der Waals surface area contributed by atoms with Crippen molar-refractivity contribution in [3.8, 4) is 0 Å². The molecule has 0 atom stereocenters. The van der Waals surface area contributed by atoms with Gasteiger partial charge in [-0.2, -0.15) is 0 Å². The van der Waals surface area contributed by atoms with Gasteiger partial charge < -0.3 is 10.6 Å². The van der Waals surface area contributed by atoms with Crippen LogP contribution in [0.15, 0.2) is 0 Å². The first-order valence-corrected chi connectivity index (χ1v) is 4.98. The Balaban J connectivity index is 2.49. The van der Waals surface area contributed by atoms with E-state index >= 15 is 0 Å². The number of aromatic nitrogens is 2. The third-order valence-electron chi connectivity index (χ3n) is 2.60. The first kappa shape index (κ1) is 9.40. The second-order valence-electron chi connectivity index (χ2n) is 3.85. The number of rotatable bonds is 2. The summed E-state index contributed by atoms with van der Waals surface area (Å²) < 4.78 is 0. The molecular formula is C10H16N4. The Bertz CT molecular complexity index is 346. The Morgan fingerprint density at radius 2 is 2.07 bits per heavy atom. The van der Waals surface area contributed by atoms with Gasteiger partial charge in [0, 0.05) is 26.3 Å². The van der Waals surface area contributed by atoms with Crippen molar-refractivity contribution >= 4 is 5.95 Å². The van der Waals surface area contributed by atoms with Gasteiger partial charge in [-0.05, 0) is 24.8 Å². The molecule has 14 heavy (non-hydrogen) atoms. The van der Waals surface area contributed by atoms with Crippen molar-refractivity contribution in [3.05, 3.63) is 17.0 Å². The second kappa shape index (κ2) is 3.53. The van der Waals surface area contributed by atoms with E-state index in [4.69, 9.17) is 5.73 Å². The van der Waals surface area contributed by atoms with Gasteiger partial charge in [-0.15, -0.1) is 0 Å². The molecular weight excluding hydrogens is 176 g/mol. The molecule has 1 aromatic rings. The summed E-state index contributed by atoms with van der Waals surface area (Å²) in [5.74, 6) is 0.783. The highest BCUT2D eigenvalue weighted by Crippen LogP contribution is 2.24. The zero-order valence-corrected chi connectivity index (χ0v) is 8.75. The maximum Gasteiger partial charge on any atom is 0.225 e. The Labute approximate surface area is 84.2 Å². The third-order valence-corrected chi connectivity index (χ3v) is 2.60.